The van der Waals surface area contributed by atoms with E-state index in [1.54, 1.807) is 0 Å². The maximum atomic E-state index is 2.52. The van der Waals surface area contributed by atoms with Crippen LogP contribution in [-0.4, -0.2) is 4.57 Å². The van der Waals surface area contributed by atoms with Gasteiger partial charge >= 0.3 is 0 Å². The summed E-state index contributed by atoms with van der Waals surface area (Å²) in [6.45, 7) is 6.85. The molecule has 0 aliphatic rings. The molecule has 10 aromatic carbocycles. The molecule has 2 heteroatoms. The molecule has 0 radical (unpaired) electrons. The molecule has 11 aromatic rings. The summed E-state index contributed by atoms with van der Waals surface area (Å²) in [5, 5.41) is 10.1. The van der Waals surface area contributed by atoms with Gasteiger partial charge in [-0.3, -0.25) is 0 Å². The molecule has 2 nitrogen and oxygen atoms in total. The molecule has 0 atom stereocenters. The standard InChI is InChI=1S/C56H42N2/c1-56(2,3)41-29-31-42(32-30-41)57(55-43(37-15-6-4-7-16-37)21-14-22-44(55)38-17-8-5-9-18-38)51-35-27-39-26-34-48-52(36-28-40-25-33-47(51)53(39)54(40)48)58-49-23-12-10-19-45(49)46-20-11-13-24-50(46)58/h4-36H,1-3H3. The fourth-order valence-electron chi connectivity index (χ4n) is 9.33. The van der Waals surface area contributed by atoms with Gasteiger partial charge in [-0.1, -0.05) is 185 Å². The molecule has 0 unspecified atom stereocenters. The maximum absolute atomic E-state index is 2.52. The molecule has 58 heavy (non-hydrogen) atoms. The minimum Gasteiger partial charge on any atom is -0.309 e. The van der Waals surface area contributed by atoms with Crippen LogP contribution in [-0.2, 0) is 5.41 Å². The Morgan fingerprint density at radius 2 is 0.897 bits per heavy atom. The van der Waals surface area contributed by atoms with E-state index in [1.807, 2.05) is 0 Å². The SMILES string of the molecule is CC(C)(C)c1ccc(N(c2c(-c3ccccc3)cccc2-c2ccccc2)c2ccc3ccc4c(-n5c6ccccc6c6ccccc65)ccc5ccc2c3c54)cc1. The molecule has 1 aromatic heterocycles. The van der Waals surface area contributed by atoms with Gasteiger partial charge in [-0.2, -0.15) is 0 Å². The van der Waals surface area contributed by atoms with Crippen LogP contribution in [0.25, 0.3) is 82.1 Å². The van der Waals surface area contributed by atoms with Gasteiger partial charge in [-0.25, -0.2) is 0 Å². The van der Waals surface area contributed by atoms with Crippen molar-refractivity contribution in [3.8, 4) is 27.9 Å². The molecule has 0 saturated heterocycles. The van der Waals surface area contributed by atoms with E-state index in [4.69, 9.17) is 0 Å². The number of hydrogen-bond acceptors (Lipinski definition) is 1. The lowest BCUT2D eigenvalue weighted by Gasteiger charge is -2.32. The topological polar surface area (TPSA) is 8.17 Å². The van der Waals surface area contributed by atoms with Crippen LogP contribution in [0.2, 0.25) is 0 Å². The highest BCUT2D eigenvalue weighted by molar-refractivity contribution is 6.28. The number of hydrogen-bond donors (Lipinski definition) is 0. The van der Waals surface area contributed by atoms with Crippen LogP contribution in [0.4, 0.5) is 17.1 Å². The van der Waals surface area contributed by atoms with Gasteiger partial charge in [0.2, 0.25) is 0 Å². The summed E-state index contributed by atoms with van der Waals surface area (Å²) in [5.74, 6) is 0. The van der Waals surface area contributed by atoms with Crippen molar-refractivity contribution >= 4 is 71.2 Å². The number of anilines is 3. The molecule has 0 bridgehead atoms. The van der Waals surface area contributed by atoms with E-state index in [1.165, 1.54) is 87.6 Å². The maximum Gasteiger partial charge on any atom is 0.0618 e. The smallest absolute Gasteiger partial charge is 0.0618 e. The van der Waals surface area contributed by atoms with E-state index in [0.29, 0.717) is 0 Å². The lowest BCUT2D eigenvalue weighted by atomic mass is 9.87. The fourth-order valence-corrected chi connectivity index (χ4v) is 9.33. The third-order valence-electron chi connectivity index (χ3n) is 12.1. The van der Waals surface area contributed by atoms with Crippen LogP contribution in [0.1, 0.15) is 26.3 Å². The summed E-state index contributed by atoms with van der Waals surface area (Å²) >= 11 is 0. The second-order valence-electron chi connectivity index (χ2n) is 16.5. The fraction of sp³-hybridized carbons (Fsp3) is 0.0714. The van der Waals surface area contributed by atoms with Gasteiger partial charge in [-0.15, -0.1) is 0 Å². The zero-order valence-electron chi connectivity index (χ0n) is 32.9. The van der Waals surface area contributed by atoms with Gasteiger partial charge < -0.3 is 9.47 Å². The highest BCUT2D eigenvalue weighted by Gasteiger charge is 2.26. The molecule has 0 N–H and O–H groups in total. The van der Waals surface area contributed by atoms with Crippen LogP contribution >= 0.6 is 0 Å². The van der Waals surface area contributed by atoms with Crippen LogP contribution in [0.3, 0.4) is 0 Å². The van der Waals surface area contributed by atoms with Crippen molar-refractivity contribution in [2.45, 2.75) is 26.2 Å². The quantitative estimate of drug-likeness (QED) is 0.154. The first-order valence-electron chi connectivity index (χ1n) is 20.3. The summed E-state index contributed by atoms with van der Waals surface area (Å²) in [6, 6.07) is 73.9. The summed E-state index contributed by atoms with van der Waals surface area (Å²) in [4.78, 5) is 2.52. The summed E-state index contributed by atoms with van der Waals surface area (Å²) in [5.41, 5.74) is 13.1. The predicted octanol–water partition coefficient (Wildman–Crippen LogP) is 15.8. The minimum absolute atomic E-state index is 0.0293. The normalized spacial score (nSPS) is 12.1. The Morgan fingerprint density at radius 3 is 1.48 bits per heavy atom. The first-order chi connectivity index (χ1) is 28.4. The van der Waals surface area contributed by atoms with Gasteiger partial charge in [-0.05, 0) is 80.0 Å². The number of nitrogens with zero attached hydrogens (tertiary/aromatic N) is 2. The molecular weight excluding hydrogens is 701 g/mol. The van der Waals surface area contributed by atoms with E-state index in [0.717, 1.165) is 17.1 Å². The highest BCUT2D eigenvalue weighted by Crippen LogP contribution is 2.50. The van der Waals surface area contributed by atoms with Crippen molar-refractivity contribution in [2.24, 2.45) is 0 Å². The van der Waals surface area contributed by atoms with Crippen molar-refractivity contribution in [3.63, 3.8) is 0 Å². The Kier molecular flexibility index (Phi) is 7.78. The Labute approximate surface area is 339 Å². The van der Waals surface area contributed by atoms with Gasteiger partial charge in [0, 0.05) is 38.4 Å². The third-order valence-corrected chi connectivity index (χ3v) is 12.1. The number of benzene rings is 10. The number of fused-ring (bicyclic) bond motifs is 3. The van der Waals surface area contributed by atoms with Crippen LogP contribution < -0.4 is 4.90 Å². The number of aromatic nitrogens is 1. The van der Waals surface area contributed by atoms with Crippen molar-refractivity contribution in [1.82, 2.24) is 4.57 Å². The zero-order chi connectivity index (χ0) is 39.0. The second kappa shape index (κ2) is 13.2. The summed E-state index contributed by atoms with van der Waals surface area (Å²) in [6.07, 6.45) is 0. The molecule has 0 aliphatic carbocycles. The molecule has 276 valence electrons. The average Bonchev–Trinajstić information content (AvgIpc) is 3.60. The Balaban J connectivity index is 1.23. The van der Waals surface area contributed by atoms with E-state index in [9.17, 15) is 0 Å². The van der Waals surface area contributed by atoms with Crippen LogP contribution in [0.15, 0.2) is 200 Å². The van der Waals surface area contributed by atoms with E-state index < -0.39 is 0 Å². The predicted molar refractivity (Wildman–Crippen MR) is 249 cm³/mol. The van der Waals surface area contributed by atoms with Gasteiger partial charge in [0.25, 0.3) is 0 Å². The van der Waals surface area contributed by atoms with Crippen molar-refractivity contribution in [3.05, 3.63) is 206 Å². The molecule has 0 saturated carbocycles. The van der Waals surface area contributed by atoms with Crippen molar-refractivity contribution in [1.29, 1.82) is 0 Å². The molecule has 11 rings (SSSR count). The average molecular weight is 743 g/mol. The van der Waals surface area contributed by atoms with Crippen molar-refractivity contribution in [2.75, 3.05) is 4.90 Å². The lowest BCUT2D eigenvalue weighted by Crippen LogP contribution is -2.15. The van der Waals surface area contributed by atoms with Gasteiger partial charge in [0.15, 0.2) is 0 Å². The summed E-state index contributed by atoms with van der Waals surface area (Å²) < 4.78 is 2.46. The molecule has 1 heterocycles. The van der Waals surface area contributed by atoms with Crippen LogP contribution in [0.5, 0.6) is 0 Å². The first kappa shape index (κ1) is 34.1. The largest absolute Gasteiger partial charge is 0.309 e. The highest BCUT2D eigenvalue weighted by atomic mass is 15.1. The Morgan fingerprint density at radius 1 is 0.397 bits per heavy atom. The third kappa shape index (κ3) is 5.33. The number of para-hydroxylation sites is 3. The van der Waals surface area contributed by atoms with Crippen LogP contribution in [0, 0.1) is 0 Å². The Bertz CT molecular complexity index is 3180. The molecule has 0 fully saturated rings. The van der Waals surface area contributed by atoms with E-state index in [-0.39, 0.29) is 5.41 Å². The molecule has 0 amide bonds. The van der Waals surface area contributed by atoms with E-state index >= 15 is 0 Å². The monoisotopic (exact) mass is 742 g/mol. The Hall–Kier alpha value is -7.16. The second-order valence-corrected chi connectivity index (χ2v) is 16.5. The van der Waals surface area contributed by atoms with Gasteiger partial charge in [0.1, 0.15) is 0 Å². The molecule has 0 spiro atoms. The molecular formula is C56H42N2. The lowest BCUT2D eigenvalue weighted by molar-refractivity contribution is 0.590. The van der Waals surface area contributed by atoms with Crippen molar-refractivity contribution < 1.29 is 0 Å². The number of rotatable bonds is 6. The minimum atomic E-state index is 0.0293. The molecule has 0 aliphatic heterocycles. The zero-order valence-corrected chi connectivity index (χ0v) is 32.9. The summed E-state index contributed by atoms with van der Waals surface area (Å²) in [7, 11) is 0. The first-order valence-corrected chi connectivity index (χ1v) is 20.3. The van der Waals surface area contributed by atoms with Gasteiger partial charge in [0.05, 0.1) is 28.1 Å². The van der Waals surface area contributed by atoms with E-state index in [2.05, 4.69) is 230 Å².